The molecule has 0 unspecified atom stereocenters. The van der Waals surface area contributed by atoms with Crippen molar-refractivity contribution in [3.05, 3.63) is 34.6 Å². The molecule has 0 radical (unpaired) electrons. The predicted molar refractivity (Wildman–Crippen MR) is 94.6 cm³/mol. The molecule has 0 aromatic heterocycles. The quantitative estimate of drug-likeness (QED) is 0.790. The third-order valence-electron chi connectivity index (χ3n) is 3.92. The molecular weight excluding hydrogens is 323 g/mol. The molecule has 138 valence electrons. The van der Waals surface area contributed by atoms with Crippen LogP contribution in [0.4, 0.5) is 4.39 Å². The molecule has 3 rings (SSSR count). The second-order valence-electron chi connectivity index (χ2n) is 6.17. The summed E-state index contributed by atoms with van der Waals surface area (Å²) in [5.41, 5.74) is 2.14. The zero-order valence-corrected chi connectivity index (χ0v) is 15.6. The molecule has 1 saturated heterocycles. The number of hydrogen-bond acceptors (Lipinski definition) is 3. The van der Waals surface area contributed by atoms with Crippen molar-refractivity contribution in [1.29, 1.82) is 0 Å². The molecule has 0 bridgehead atoms. The summed E-state index contributed by atoms with van der Waals surface area (Å²) in [6, 6.07) is 3.19. The Morgan fingerprint density at radius 2 is 1.64 bits per heavy atom. The Balaban J connectivity index is 0.000000264. The van der Waals surface area contributed by atoms with Crippen LogP contribution in [0, 0.1) is 5.82 Å². The molecular formula is C19H27FN2O3. The van der Waals surface area contributed by atoms with Gasteiger partial charge < -0.3 is 4.90 Å². The predicted octanol–water partition coefficient (Wildman–Crippen LogP) is 3.37. The van der Waals surface area contributed by atoms with Crippen molar-refractivity contribution < 1.29 is 18.8 Å². The van der Waals surface area contributed by atoms with Crippen LogP contribution in [0.5, 0.6) is 0 Å². The van der Waals surface area contributed by atoms with Crippen molar-refractivity contribution in [3.63, 3.8) is 0 Å². The zero-order valence-electron chi connectivity index (χ0n) is 15.6. The van der Waals surface area contributed by atoms with Gasteiger partial charge in [0.25, 0.3) is 5.91 Å². The summed E-state index contributed by atoms with van der Waals surface area (Å²) in [7, 11) is 1.73. The van der Waals surface area contributed by atoms with E-state index in [4.69, 9.17) is 0 Å². The fourth-order valence-electron chi connectivity index (χ4n) is 2.63. The zero-order chi connectivity index (χ0) is 19.1. The number of nitrogens with one attached hydrogen (secondary N) is 1. The van der Waals surface area contributed by atoms with Crippen LogP contribution in [0.25, 0.3) is 0 Å². The summed E-state index contributed by atoms with van der Waals surface area (Å²) in [5, 5.41) is 2.20. The van der Waals surface area contributed by atoms with Crippen molar-refractivity contribution in [2.45, 2.75) is 59.4 Å². The summed E-state index contributed by atoms with van der Waals surface area (Å²) in [4.78, 5) is 33.9. The number of hydrogen-bond donors (Lipinski definition) is 1. The molecule has 2 heterocycles. The number of benzene rings is 1. The molecule has 5 nitrogen and oxygen atoms in total. The molecule has 1 aromatic carbocycles. The minimum atomic E-state index is -0.271. The van der Waals surface area contributed by atoms with Gasteiger partial charge in [-0.3, -0.25) is 19.7 Å². The van der Waals surface area contributed by atoms with Gasteiger partial charge in [0.1, 0.15) is 5.82 Å². The van der Waals surface area contributed by atoms with Gasteiger partial charge in [-0.1, -0.05) is 33.8 Å². The van der Waals surface area contributed by atoms with E-state index in [9.17, 15) is 18.8 Å². The second-order valence-corrected chi connectivity index (χ2v) is 6.17. The monoisotopic (exact) mass is 350 g/mol. The smallest absolute Gasteiger partial charge is 0.254 e. The van der Waals surface area contributed by atoms with Crippen LogP contribution in [0.1, 0.15) is 74.4 Å². The van der Waals surface area contributed by atoms with Crippen molar-refractivity contribution in [3.8, 4) is 0 Å². The van der Waals surface area contributed by atoms with Crippen LogP contribution in [0.15, 0.2) is 12.1 Å². The Morgan fingerprint density at radius 1 is 1.08 bits per heavy atom. The van der Waals surface area contributed by atoms with E-state index in [1.54, 1.807) is 11.9 Å². The van der Waals surface area contributed by atoms with E-state index < -0.39 is 0 Å². The third-order valence-corrected chi connectivity index (χ3v) is 3.92. The second kappa shape index (κ2) is 9.30. The fraction of sp³-hybridized carbons (Fsp3) is 0.526. The number of imide groups is 1. The maximum Gasteiger partial charge on any atom is 0.254 e. The molecule has 0 saturated carbocycles. The highest BCUT2D eigenvalue weighted by atomic mass is 19.1. The summed E-state index contributed by atoms with van der Waals surface area (Å²) >= 11 is 0. The SMILES string of the molecule is CC.CC(C)c1cc2c(cc1F)C(=O)N(C)C2.O=C1CCCC(=O)N1. The minimum Gasteiger partial charge on any atom is -0.337 e. The number of amides is 3. The molecule has 2 aliphatic rings. The highest BCUT2D eigenvalue weighted by molar-refractivity contribution is 5.98. The maximum absolute atomic E-state index is 13.6. The van der Waals surface area contributed by atoms with Crippen molar-refractivity contribution in [2.75, 3.05) is 7.05 Å². The van der Waals surface area contributed by atoms with Gasteiger partial charge in [-0.05, 0) is 29.5 Å². The highest BCUT2D eigenvalue weighted by Crippen LogP contribution is 2.28. The number of nitrogens with zero attached hydrogens (tertiary/aromatic N) is 1. The van der Waals surface area contributed by atoms with Crippen LogP contribution < -0.4 is 5.32 Å². The molecule has 25 heavy (non-hydrogen) atoms. The van der Waals surface area contributed by atoms with Crippen molar-refractivity contribution in [1.82, 2.24) is 10.2 Å². The summed E-state index contributed by atoms with van der Waals surface area (Å²) in [6.07, 6.45) is 1.72. The third kappa shape index (κ3) is 5.37. The van der Waals surface area contributed by atoms with E-state index in [1.807, 2.05) is 33.8 Å². The molecule has 0 atom stereocenters. The van der Waals surface area contributed by atoms with Gasteiger partial charge in [0.2, 0.25) is 11.8 Å². The number of halogens is 1. The molecule has 1 N–H and O–H groups in total. The number of piperidine rings is 1. The molecule has 0 aliphatic carbocycles. The topological polar surface area (TPSA) is 66.5 Å². The lowest BCUT2D eigenvalue weighted by atomic mass is 9.98. The van der Waals surface area contributed by atoms with Gasteiger partial charge in [0.15, 0.2) is 0 Å². The first kappa shape index (κ1) is 20.8. The van der Waals surface area contributed by atoms with Gasteiger partial charge >= 0.3 is 0 Å². The van der Waals surface area contributed by atoms with Gasteiger partial charge in [0.05, 0.1) is 0 Å². The van der Waals surface area contributed by atoms with Crippen LogP contribution in [-0.4, -0.2) is 29.7 Å². The van der Waals surface area contributed by atoms with Crippen molar-refractivity contribution in [2.24, 2.45) is 0 Å². The van der Waals surface area contributed by atoms with Crippen LogP contribution in [0.2, 0.25) is 0 Å². The lowest BCUT2D eigenvalue weighted by molar-refractivity contribution is -0.132. The minimum absolute atomic E-state index is 0.0841. The van der Waals surface area contributed by atoms with Gasteiger partial charge in [-0.25, -0.2) is 4.39 Å². The standard InChI is InChI=1S/C12H14FNO.C5H7NO2.C2H6/c1-7(2)9-4-8-6-14(3)12(15)10(8)5-11(9)13;7-4-2-1-3-5(8)6-4;1-2/h4-5,7H,6H2,1-3H3;1-3H2,(H,6,7,8);1-2H3. The molecule has 6 heteroatoms. The van der Waals surface area contributed by atoms with Gasteiger partial charge in [0, 0.05) is 32.0 Å². The summed E-state index contributed by atoms with van der Waals surface area (Å²) in [5.74, 6) is -0.481. The molecule has 3 amide bonds. The number of carbonyl (C=O) groups excluding carboxylic acids is 3. The Labute approximate surface area is 148 Å². The Hall–Kier alpha value is -2.24. The van der Waals surface area contributed by atoms with E-state index in [0.29, 0.717) is 36.9 Å². The Morgan fingerprint density at radius 3 is 2.08 bits per heavy atom. The lowest BCUT2D eigenvalue weighted by Crippen LogP contribution is -2.33. The van der Waals surface area contributed by atoms with Crippen LogP contribution >= 0.6 is 0 Å². The highest BCUT2D eigenvalue weighted by Gasteiger charge is 2.26. The van der Waals surface area contributed by atoms with E-state index >= 15 is 0 Å². The van der Waals surface area contributed by atoms with Gasteiger partial charge in [-0.2, -0.15) is 0 Å². The average molecular weight is 350 g/mol. The first-order valence-corrected chi connectivity index (χ1v) is 8.70. The molecule has 2 aliphatic heterocycles. The van der Waals surface area contributed by atoms with E-state index in [-0.39, 0.29) is 29.5 Å². The summed E-state index contributed by atoms with van der Waals surface area (Å²) in [6.45, 7) is 8.49. The van der Waals surface area contributed by atoms with E-state index in [1.165, 1.54) is 6.07 Å². The first-order chi connectivity index (χ1) is 11.8. The Kier molecular flexibility index (Phi) is 7.74. The normalized spacial score (nSPS) is 15.8. The Bertz CT molecular complexity index is 642. The average Bonchev–Trinajstić information content (AvgIpc) is 2.83. The lowest BCUT2D eigenvalue weighted by Gasteiger charge is -2.08. The summed E-state index contributed by atoms with van der Waals surface area (Å²) < 4.78 is 13.6. The fourth-order valence-corrected chi connectivity index (χ4v) is 2.63. The first-order valence-electron chi connectivity index (χ1n) is 8.70. The van der Waals surface area contributed by atoms with Gasteiger partial charge in [-0.15, -0.1) is 0 Å². The molecule has 0 spiro atoms. The largest absolute Gasteiger partial charge is 0.337 e. The van der Waals surface area contributed by atoms with Crippen molar-refractivity contribution >= 4 is 17.7 Å². The molecule has 1 fully saturated rings. The maximum atomic E-state index is 13.6. The van der Waals surface area contributed by atoms with Crippen LogP contribution in [-0.2, 0) is 16.1 Å². The molecule has 1 aromatic rings. The van der Waals surface area contributed by atoms with E-state index in [2.05, 4.69) is 5.32 Å². The van der Waals surface area contributed by atoms with E-state index in [0.717, 1.165) is 5.56 Å². The van der Waals surface area contributed by atoms with Crippen LogP contribution in [0.3, 0.4) is 0 Å². The number of fused-ring (bicyclic) bond motifs is 1. The number of rotatable bonds is 1. The number of carbonyl (C=O) groups is 3.